The second kappa shape index (κ2) is 49.5. The molecule has 4 aromatic rings. The molecular weight excluding hydrogens is 1170 g/mol. The Morgan fingerprint density at radius 2 is 0.674 bits per heavy atom. The van der Waals surface area contributed by atoms with Crippen LogP contribution < -0.4 is 9.47 Å². The molecular formula is C64H93NO24. The highest BCUT2D eigenvalue weighted by molar-refractivity contribution is 6.05. The second-order valence-corrected chi connectivity index (χ2v) is 18.9. The molecule has 0 bridgehead atoms. The van der Waals surface area contributed by atoms with Crippen molar-refractivity contribution in [1.82, 2.24) is 4.90 Å². The normalized spacial score (nSPS) is 13.0. The Kier molecular flexibility index (Phi) is 47.1. The highest BCUT2D eigenvalue weighted by atomic mass is 16.6. The molecule has 0 N–H and O–H groups in total. The summed E-state index contributed by atoms with van der Waals surface area (Å²) >= 11 is 0. The van der Waals surface area contributed by atoms with Crippen molar-refractivity contribution >= 4 is 53.7 Å². The Balaban J connectivity index is -0.000000996. The lowest BCUT2D eigenvalue weighted by Crippen LogP contribution is -2.36. The van der Waals surface area contributed by atoms with Crippen LogP contribution >= 0.6 is 0 Å². The molecule has 498 valence electrons. The number of methoxy groups -OCH3 is 15. The van der Waals surface area contributed by atoms with Gasteiger partial charge in [-0.2, -0.15) is 0 Å². The third-order valence-electron chi connectivity index (χ3n) is 11.4. The van der Waals surface area contributed by atoms with Crippen molar-refractivity contribution in [3.63, 3.8) is 0 Å². The number of benzene rings is 4. The quantitative estimate of drug-likeness (QED) is 0.0767. The van der Waals surface area contributed by atoms with Crippen LogP contribution in [-0.2, 0) is 76.0 Å². The Hall–Kier alpha value is -8.49. The standard InChI is InChI=1S/C12H18O6.2C12H12O6.C9H12.C8H10O2.C6H14O3.C3H9N.C2H6O/c2*1-16-10(13)7-4-8(11(14)17-2)6-9(5-7)12(15)18-3;1-16-10(13)7-4-5-8(11(14)17-2)9(6-7)12(15)18-3;1-7-4-8(2)6-9(3)5-7;1-9-7-4-3-5-8(6-7)10-2;1-7-4-6(9-3)5-8-2;1-4(2)3;1-3-2/h7-9H,4-6H2,1-3H3;2*4-6H,1-3H3;4-6H,1-3H3;3-6H,1-2H3;6H,4-5H2,1-3H3;1-3H3;1-2H3. The maximum atomic E-state index is 11.6. The molecule has 0 aliphatic heterocycles. The fourth-order valence-electron chi connectivity index (χ4n) is 7.57. The molecule has 25 heteroatoms. The number of carbonyl (C=O) groups is 9. The lowest BCUT2D eigenvalue weighted by atomic mass is 9.75. The van der Waals surface area contributed by atoms with Crippen molar-refractivity contribution in [3.05, 3.63) is 129 Å². The Bertz CT molecular complexity index is 2540. The Morgan fingerprint density at radius 1 is 0.382 bits per heavy atom. The van der Waals surface area contributed by atoms with Gasteiger partial charge in [-0.25, -0.2) is 28.8 Å². The predicted molar refractivity (Wildman–Crippen MR) is 329 cm³/mol. The molecule has 89 heavy (non-hydrogen) atoms. The van der Waals surface area contributed by atoms with Gasteiger partial charge in [0.05, 0.1) is 143 Å². The summed E-state index contributed by atoms with van der Waals surface area (Å²) in [6, 6.07) is 21.8. The van der Waals surface area contributed by atoms with Crippen LogP contribution in [0.3, 0.4) is 0 Å². The van der Waals surface area contributed by atoms with Gasteiger partial charge in [0.1, 0.15) is 17.6 Å². The van der Waals surface area contributed by atoms with Gasteiger partial charge in [0.25, 0.3) is 0 Å². The van der Waals surface area contributed by atoms with Crippen LogP contribution in [0.1, 0.15) is 98.1 Å². The summed E-state index contributed by atoms with van der Waals surface area (Å²) in [6.07, 6.45) is 1.13. The first-order valence-corrected chi connectivity index (χ1v) is 26.9. The van der Waals surface area contributed by atoms with E-state index in [0.29, 0.717) is 32.5 Å². The van der Waals surface area contributed by atoms with E-state index in [0.717, 1.165) is 11.5 Å². The molecule has 1 fully saturated rings. The molecule has 0 aromatic heterocycles. The average molecular weight is 1260 g/mol. The van der Waals surface area contributed by atoms with Crippen LogP contribution in [0.4, 0.5) is 0 Å². The Morgan fingerprint density at radius 3 is 0.933 bits per heavy atom. The van der Waals surface area contributed by atoms with Crippen molar-refractivity contribution < 1.29 is 114 Å². The number of hydrogen-bond donors (Lipinski definition) is 0. The SMILES string of the molecule is CN(C)C.COC.COC(=O)C1CC(C(=O)OC)CC(C(=O)OC)C1.COC(=O)c1cc(C(=O)OC)cc(C(=O)OC)c1.COC(=O)c1ccc(C(=O)OC)c(C(=O)OC)c1.COCC(COC)OC.COc1cccc(OC)c1.Cc1cc(C)cc(C)c1. The minimum Gasteiger partial charge on any atom is -0.497 e. The maximum Gasteiger partial charge on any atom is 0.338 e. The van der Waals surface area contributed by atoms with Crippen molar-refractivity contribution in [1.29, 1.82) is 0 Å². The van der Waals surface area contributed by atoms with Gasteiger partial charge in [-0.3, -0.25) is 14.4 Å². The van der Waals surface area contributed by atoms with Crippen molar-refractivity contribution in [3.8, 4) is 11.5 Å². The van der Waals surface area contributed by atoms with E-state index in [-0.39, 0.29) is 39.5 Å². The second-order valence-electron chi connectivity index (χ2n) is 18.9. The first kappa shape index (κ1) is 84.7. The molecule has 0 heterocycles. The van der Waals surface area contributed by atoms with Gasteiger partial charge >= 0.3 is 53.7 Å². The highest BCUT2D eigenvalue weighted by Gasteiger charge is 2.40. The first-order chi connectivity index (χ1) is 42.1. The predicted octanol–water partition coefficient (Wildman–Crippen LogP) is 7.68. The third-order valence-corrected chi connectivity index (χ3v) is 11.4. The van der Waals surface area contributed by atoms with Gasteiger partial charge in [-0.15, -0.1) is 0 Å². The minimum atomic E-state index is -0.735. The smallest absolute Gasteiger partial charge is 0.338 e. The number of esters is 9. The van der Waals surface area contributed by atoms with Crippen molar-refractivity contribution in [2.45, 2.75) is 46.1 Å². The fraction of sp³-hybridized carbons (Fsp3) is 0.484. The zero-order valence-corrected chi connectivity index (χ0v) is 55.6. The largest absolute Gasteiger partial charge is 0.497 e. The molecule has 0 spiro atoms. The van der Waals surface area contributed by atoms with Gasteiger partial charge in [0, 0.05) is 41.6 Å². The van der Waals surface area contributed by atoms with Gasteiger partial charge in [0.2, 0.25) is 0 Å². The third kappa shape index (κ3) is 35.2. The van der Waals surface area contributed by atoms with Crippen LogP contribution in [0.5, 0.6) is 11.5 Å². The number of rotatable bonds is 16. The molecule has 1 saturated carbocycles. The molecule has 0 radical (unpaired) electrons. The number of nitrogens with zero attached hydrogens (tertiary/aromatic N) is 1. The zero-order chi connectivity index (χ0) is 68.8. The van der Waals surface area contributed by atoms with Crippen LogP contribution in [0.25, 0.3) is 0 Å². The molecule has 25 nitrogen and oxygen atoms in total. The lowest BCUT2D eigenvalue weighted by Gasteiger charge is -2.30. The summed E-state index contributed by atoms with van der Waals surface area (Å²) in [5.41, 5.74) is 4.39. The van der Waals surface area contributed by atoms with E-state index in [1.165, 1.54) is 117 Å². The van der Waals surface area contributed by atoms with E-state index in [1.54, 1.807) is 49.8 Å². The number of ether oxygens (including phenoxy) is 15. The van der Waals surface area contributed by atoms with Crippen LogP contribution in [-0.4, -0.2) is 213 Å². The molecule has 4 aromatic carbocycles. The molecule has 1 aliphatic rings. The molecule has 1 aliphatic carbocycles. The van der Waals surface area contributed by atoms with Gasteiger partial charge in [-0.05, 0) is 110 Å². The van der Waals surface area contributed by atoms with Crippen LogP contribution in [0.2, 0.25) is 0 Å². The van der Waals surface area contributed by atoms with Gasteiger partial charge in [0.15, 0.2) is 0 Å². The fourth-order valence-corrected chi connectivity index (χ4v) is 7.57. The topological polar surface area (TPSA) is 295 Å². The van der Waals surface area contributed by atoms with E-state index in [1.807, 2.05) is 50.3 Å². The zero-order valence-electron chi connectivity index (χ0n) is 55.6. The summed E-state index contributed by atoms with van der Waals surface area (Å²) in [7, 11) is 28.5. The highest BCUT2D eigenvalue weighted by Crippen LogP contribution is 2.35. The van der Waals surface area contributed by atoms with Crippen molar-refractivity contribution in [2.24, 2.45) is 17.8 Å². The minimum absolute atomic E-state index is 0.0250. The van der Waals surface area contributed by atoms with E-state index in [2.05, 4.69) is 86.3 Å². The summed E-state index contributed by atoms with van der Waals surface area (Å²) in [4.78, 5) is 105. The van der Waals surface area contributed by atoms with Crippen LogP contribution in [0.15, 0.2) is 78.9 Å². The lowest BCUT2D eigenvalue weighted by molar-refractivity contribution is -0.157. The monoisotopic (exact) mass is 1260 g/mol. The van der Waals surface area contributed by atoms with Crippen molar-refractivity contribution in [2.75, 3.05) is 148 Å². The molecule has 0 atom stereocenters. The number of hydrogen-bond acceptors (Lipinski definition) is 25. The summed E-state index contributed by atoms with van der Waals surface area (Å²) < 4.78 is 70.1. The summed E-state index contributed by atoms with van der Waals surface area (Å²) in [5.74, 6) is -4.98. The molecule has 0 amide bonds. The van der Waals surface area contributed by atoms with E-state index >= 15 is 0 Å². The molecule has 0 unspecified atom stereocenters. The molecule has 0 saturated heterocycles. The first-order valence-electron chi connectivity index (χ1n) is 26.9. The number of aryl methyl sites for hydroxylation is 3. The summed E-state index contributed by atoms with van der Waals surface area (Å²) in [6.45, 7) is 7.55. The van der Waals surface area contributed by atoms with E-state index in [4.69, 9.17) is 23.7 Å². The molecule has 5 rings (SSSR count). The summed E-state index contributed by atoms with van der Waals surface area (Å²) in [5, 5.41) is 0. The van der Waals surface area contributed by atoms with Crippen LogP contribution in [0, 0.1) is 38.5 Å². The maximum absolute atomic E-state index is 11.6. The average Bonchev–Trinajstić information content (AvgIpc) is 2.65. The Labute approximate surface area is 523 Å². The van der Waals surface area contributed by atoms with E-state index in [9.17, 15) is 43.2 Å². The van der Waals surface area contributed by atoms with Gasteiger partial charge in [-0.1, -0.05) is 41.0 Å². The van der Waals surface area contributed by atoms with E-state index < -0.39 is 71.5 Å². The number of carbonyl (C=O) groups excluding carboxylic acids is 9. The van der Waals surface area contributed by atoms with Gasteiger partial charge < -0.3 is 76.0 Å².